The van der Waals surface area contributed by atoms with Crippen LogP contribution in [0, 0.1) is 11.3 Å². The summed E-state index contributed by atoms with van der Waals surface area (Å²) < 4.78 is 0. The van der Waals surface area contributed by atoms with Crippen molar-refractivity contribution in [1.29, 1.82) is 0 Å². The molecule has 0 aromatic rings. The van der Waals surface area contributed by atoms with Gasteiger partial charge in [0.05, 0.1) is 0 Å². The van der Waals surface area contributed by atoms with Gasteiger partial charge in [0.2, 0.25) is 0 Å². The average molecular weight is 153 g/mol. The van der Waals surface area contributed by atoms with E-state index in [-0.39, 0.29) is 0 Å². The van der Waals surface area contributed by atoms with E-state index < -0.39 is 0 Å². The summed E-state index contributed by atoms with van der Waals surface area (Å²) in [6, 6.07) is 0. The molecule has 0 radical (unpaired) electrons. The lowest BCUT2D eigenvalue weighted by Gasteiger charge is -2.72. The summed E-state index contributed by atoms with van der Waals surface area (Å²) in [5, 5.41) is 0. The first-order valence-corrected chi connectivity index (χ1v) is 4.93. The molecule has 11 heavy (non-hydrogen) atoms. The minimum absolute atomic E-state index is 0.308. The summed E-state index contributed by atoms with van der Waals surface area (Å²) in [7, 11) is 0. The van der Waals surface area contributed by atoms with Crippen LogP contribution in [0.25, 0.3) is 0 Å². The summed E-state index contributed by atoms with van der Waals surface area (Å²) in [5.74, 6) is 0.966. The van der Waals surface area contributed by atoms with Crippen LogP contribution in [0.5, 0.6) is 0 Å². The van der Waals surface area contributed by atoms with Crippen LogP contribution < -0.4 is 5.73 Å². The van der Waals surface area contributed by atoms with Crippen LogP contribution in [0.4, 0.5) is 0 Å². The van der Waals surface area contributed by atoms with Gasteiger partial charge in [-0.1, -0.05) is 26.7 Å². The Morgan fingerprint density at radius 1 is 1.18 bits per heavy atom. The molecule has 0 aromatic carbocycles. The summed E-state index contributed by atoms with van der Waals surface area (Å²) in [6.45, 7) is 4.63. The van der Waals surface area contributed by atoms with Gasteiger partial charge in [-0.15, -0.1) is 0 Å². The van der Waals surface area contributed by atoms with Crippen LogP contribution in [0.2, 0.25) is 0 Å². The van der Waals surface area contributed by atoms with Gasteiger partial charge in [-0.3, -0.25) is 0 Å². The van der Waals surface area contributed by atoms with Gasteiger partial charge in [0.1, 0.15) is 0 Å². The third-order valence-electron chi connectivity index (χ3n) is 3.96. The lowest BCUT2D eigenvalue weighted by atomic mass is 9.35. The van der Waals surface area contributed by atoms with E-state index in [0.29, 0.717) is 5.54 Å². The standard InChI is InChI=1S/C10H19N/c1-3-8(4-2)9-5-10(11,6-9)7-9/h8H,3-7,11H2,1-2H3. The van der Waals surface area contributed by atoms with E-state index in [1.165, 1.54) is 32.1 Å². The Morgan fingerprint density at radius 3 is 1.91 bits per heavy atom. The van der Waals surface area contributed by atoms with Crippen molar-refractivity contribution < 1.29 is 0 Å². The van der Waals surface area contributed by atoms with E-state index in [1.54, 1.807) is 0 Å². The molecule has 0 amide bonds. The first-order chi connectivity index (χ1) is 5.14. The van der Waals surface area contributed by atoms with Gasteiger partial charge < -0.3 is 5.73 Å². The SMILES string of the molecule is CCC(CC)C12CC(N)(C1)C2. The number of rotatable bonds is 3. The maximum Gasteiger partial charge on any atom is 0.0170 e. The highest BCUT2D eigenvalue weighted by atomic mass is 14.9. The van der Waals surface area contributed by atoms with Crippen LogP contribution in [0.1, 0.15) is 46.0 Å². The Balaban J connectivity index is 1.97. The highest BCUT2D eigenvalue weighted by Gasteiger charge is 2.67. The molecule has 0 aliphatic heterocycles. The number of hydrogen-bond donors (Lipinski definition) is 1. The zero-order valence-electron chi connectivity index (χ0n) is 7.69. The molecule has 2 bridgehead atoms. The molecular weight excluding hydrogens is 134 g/mol. The molecule has 0 unspecified atom stereocenters. The van der Waals surface area contributed by atoms with Gasteiger partial charge in [0.15, 0.2) is 0 Å². The quantitative estimate of drug-likeness (QED) is 0.661. The van der Waals surface area contributed by atoms with Crippen molar-refractivity contribution >= 4 is 0 Å². The summed E-state index contributed by atoms with van der Waals surface area (Å²) in [6.07, 6.45) is 6.68. The van der Waals surface area contributed by atoms with E-state index in [4.69, 9.17) is 5.73 Å². The van der Waals surface area contributed by atoms with Crippen LogP contribution in [-0.4, -0.2) is 5.54 Å². The maximum atomic E-state index is 6.02. The van der Waals surface area contributed by atoms with Crippen molar-refractivity contribution in [2.24, 2.45) is 17.1 Å². The van der Waals surface area contributed by atoms with Gasteiger partial charge in [-0.2, -0.15) is 0 Å². The maximum absolute atomic E-state index is 6.02. The van der Waals surface area contributed by atoms with Crippen LogP contribution in [0.15, 0.2) is 0 Å². The van der Waals surface area contributed by atoms with Gasteiger partial charge in [-0.05, 0) is 30.6 Å². The third kappa shape index (κ3) is 0.807. The average Bonchev–Trinajstić information content (AvgIpc) is 1.84. The number of nitrogens with two attached hydrogens (primary N) is 1. The van der Waals surface area contributed by atoms with Crippen LogP contribution >= 0.6 is 0 Å². The normalized spacial score (nSPS) is 46.9. The molecule has 0 saturated heterocycles. The molecule has 1 nitrogen and oxygen atoms in total. The summed E-state index contributed by atoms with van der Waals surface area (Å²) >= 11 is 0. The molecule has 3 rings (SSSR count). The minimum atomic E-state index is 0.308. The monoisotopic (exact) mass is 153 g/mol. The molecule has 0 heterocycles. The van der Waals surface area contributed by atoms with Gasteiger partial charge >= 0.3 is 0 Å². The van der Waals surface area contributed by atoms with Gasteiger partial charge in [-0.25, -0.2) is 0 Å². The molecule has 0 aromatic heterocycles. The summed E-state index contributed by atoms with van der Waals surface area (Å²) in [5.41, 5.74) is 7.05. The highest BCUT2D eigenvalue weighted by Crippen LogP contribution is 2.70. The largest absolute Gasteiger partial charge is 0.325 e. The minimum Gasteiger partial charge on any atom is -0.325 e. The van der Waals surface area contributed by atoms with E-state index in [1.807, 2.05) is 0 Å². The van der Waals surface area contributed by atoms with E-state index in [9.17, 15) is 0 Å². The first-order valence-electron chi connectivity index (χ1n) is 4.93. The Kier molecular flexibility index (Phi) is 1.39. The third-order valence-corrected chi connectivity index (χ3v) is 3.96. The molecule has 3 fully saturated rings. The predicted molar refractivity (Wildman–Crippen MR) is 47.3 cm³/mol. The fourth-order valence-corrected chi connectivity index (χ4v) is 3.54. The second-order valence-electron chi connectivity index (χ2n) is 4.77. The lowest BCUT2D eigenvalue weighted by Crippen LogP contribution is -2.74. The molecule has 64 valence electrons. The molecule has 3 aliphatic rings. The van der Waals surface area contributed by atoms with E-state index in [2.05, 4.69) is 13.8 Å². The van der Waals surface area contributed by atoms with Crippen molar-refractivity contribution in [2.75, 3.05) is 0 Å². The fourth-order valence-electron chi connectivity index (χ4n) is 3.54. The molecule has 0 atom stereocenters. The second-order valence-corrected chi connectivity index (χ2v) is 4.77. The molecule has 2 N–H and O–H groups in total. The zero-order valence-corrected chi connectivity index (χ0v) is 7.69. The molecule has 3 saturated carbocycles. The van der Waals surface area contributed by atoms with Gasteiger partial charge in [0.25, 0.3) is 0 Å². The Bertz CT molecular complexity index is 150. The topological polar surface area (TPSA) is 26.0 Å². The van der Waals surface area contributed by atoms with Crippen molar-refractivity contribution in [2.45, 2.75) is 51.5 Å². The number of hydrogen-bond acceptors (Lipinski definition) is 1. The molecule has 1 heteroatoms. The van der Waals surface area contributed by atoms with E-state index >= 15 is 0 Å². The van der Waals surface area contributed by atoms with Crippen LogP contribution in [-0.2, 0) is 0 Å². The Labute approximate surface area is 69.4 Å². The van der Waals surface area contributed by atoms with Crippen LogP contribution in [0.3, 0.4) is 0 Å². The lowest BCUT2D eigenvalue weighted by molar-refractivity contribution is -0.173. The van der Waals surface area contributed by atoms with E-state index in [0.717, 1.165) is 11.3 Å². The smallest absolute Gasteiger partial charge is 0.0170 e. The fraction of sp³-hybridized carbons (Fsp3) is 1.00. The molecule has 3 aliphatic carbocycles. The Hall–Kier alpha value is -0.0400. The van der Waals surface area contributed by atoms with Crippen molar-refractivity contribution in [3.63, 3.8) is 0 Å². The van der Waals surface area contributed by atoms with Gasteiger partial charge in [0, 0.05) is 5.54 Å². The molecular formula is C10H19N. The second kappa shape index (κ2) is 2.01. The first kappa shape index (κ1) is 7.60. The zero-order chi connectivity index (χ0) is 8.11. The highest BCUT2D eigenvalue weighted by molar-refractivity contribution is 5.22. The Morgan fingerprint density at radius 2 is 1.64 bits per heavy atom. The van der Waals surface area contributed by atoms with Crippen molar-refractivity contribution in [3.8, 4) is 0 Å². The summed E-state index contributed by atoms with van der Waals surface area (Å²) in [4.78, 5) is 0. The molecule has 0 spiro atoms. The van der Waals surface area contributed by atoms with Crippen molar-refractivity contribution in [1.82, 2.24) is 0 Å². The van der Waals surface area contributed by atoms with Crippen molar-refractivity contribution in [3.05, 3.63) is 0 Å². The predicted octanol–water partition coefficient (Wildman–Crippen LogP) is 2.30.